The molecule has 0 fully saturated rings. The first-order valence-electron chi connectivity index (χ1n) is 7.09. The van der Waals surface area contributed by atoms with E-state index in [2.05, 4.69) is 57.4 Å². The van der Waals surface area contributed by atoms with Gasteiger partial charge in [-0.05, 0) is 41.9 Å². The van der Waals surface area contributed by atoms with Crippen LogP contribution in [0.25, 0.3) is 0 Å². The van der Waals surface area contributed by atoms with Crippen molar-refractivity contribution in [2.24, 2.45) is 16.8 Å². The SMILES string of the molecule is NC(=S)N1CC(Cc2ccccc2)C(c2cccc(Br)c2)=N1. The molecule has 0 spiro atoms. The van der Waals surface area contributed by atoms with Gasteiger partial charge in [0.1, 0.15) is 0 Å². The van der Waals surface area contributed by atoms with E-state index in [9.17, 15) is 0 Å². The smallest absolute Gasteiger partial charge is 0.186 e. The minimum absolute atomic E-state index is 0.276. The van der Waals surface area contributed by atoms with Crippen LogP contribution in [-0.2, 0) is 6.42 Å². The maximum Gasteiger partial charge on any atom is 0.186 e. The molecule has 112 valence electrons. The Morgan fingerprint density at radius 1 is 1.23 bits per heavy atom. The zero-order valence-electron chi connectivity index (χ0n) is 11.9. The number of hydrogen-bond donors (Lipinski definition) is 1. The van der Waals surface area contributed by atoms with Gasteiger partial charge in [-0.3, -0.25) is 0 Å². The molecule has 22 heavy (non-hydrogen) atoms. The number of rotatable bonds is 3. The molecule has 2 aromatic carbocycles. The average molecular weight is 374 g/mol. The summed E-state index contributed by atoms with van der Waals surface area (Å²) in [6, 6.07) is 18.6. The van der Waals surface area contributed by atoms with Crippen LogP contribution < -0.4 is 5.73 Å². The van der Waals surface area contributed by atoms with E-state index < -0.39 is 0 Å². The maximum absolute atomic E-state index is 5.76. The highest BCUT2D eigenvalue weighted by Crippen LogP contribution is 2.25. The highest BCUT2D eigenvalue weighted by molar-refractivity contribution is 9.10. The first-order chi connectivity index (χ1) is 10.6. The van der Waals surface area contributed by atoms with E-state index in [0.29, 0.717) is 5.11 Å². The van der Waals surface area contributed by atoms with Crippen LogP contribution in [0.3, 0.4) is 0 Å². The monoisotopic (exact) mass is 373 g/mol. The van der Waals surface area contributed by atoms with Crippen LogP contribution in [-0.4, -0.2) is 22.4 Å². The van der Waals surface area contributed by atoms with E-state index in [1.807, 2.05) is 18.2 Å². The molecule has 0 saturated carbocycles. The molecule has 2 N–H and O–H groups in total. The quantitative estimate of drug-likeness (QED) is 0.836. The lowest BCUT2D eigenvalue weighted by atomic mass is 9.91. The van der Waals surface area contributed by atoms with Gasteiger partial charge in [-0.25, -0.2) is 5.01 Å². The summed E-state index contributed by atoms with van der Waals surface area (Å²) in [6.07, 6.45) is 0.922. The molecular weight excluding hydrogens is 358 g/mol. The molecule has 3 rings (SSSR count). The van der Waals surface area contributed by atoms with Crippen LogP contribution in [0.15, 0.2) is 64.2 Å². The molecule has 2 aromatic rings. The Balaban J connectivity index is 1.91. The summed E-state index contributed by atoms with van der Waals surface area (Å²) < 4.78 is 1.04. The van der Waals surface area contributed by atoms with Crippen molar-refractivity contribution < 1.29 is 0 Å². The van der Waals surface area contributed by atoms with Crippen molar-refractivity contribution >= 4 is 39.0 Å². The Hall–Kier alpha value is -1.72. The molecule has 5 heteroatoms. The van der Waals surface area contributed by atoms with Crippen molar-refractivity contribution in [2.75, 3.05) is 6.54 Å². The van der Waals surface area contributed by atoms with Gasteiger partial charge in [0.15, 0.2) is 5.11 Å². The van der Waals surface area contributed by atoms with Crippen LogP contribution in [0.4, 0.5) is 0 Å². The average Bonchev–Trinajstić information content (AvgIpc) is 2.92. The Bertz CT molecular complexity index is 715. The second-order valence-electron chi connectivity index (χ2n) is 5.30. The zero-order chi connectivity index (χ0) is 15.5. The van der Waals surface area contributed by atoms with Crippen molar-refractivity contribution in [3.05, 3.63) is 70.2 Å². The highest BCUT2D eigenvalue weighted by atomic mass is 79.9. The predicted molar refractivity (Wildman–Crippen MR) is 97.8 cm³/mol. The van der Waals surface area contributed by atoms with E-state index in [-0.39, 0.29) is 5.92 Å². The largest absolute Gasteiger partial charge is 0.375 e. The number of nitrogens with two attached hydrogens (primary N) is 1. The van der Waals surface area contributed by atoms with Crippen LogP contribution in [0.2, 0.25) is 0 Å². The van der Waals surface area contributed by atoms with Gasteiger partial charge in [0.25, 0.3) is 0 Å². The molecule has 1 unspecified atom stereocenters. The van der Waals surface area contributed by atoms with E-state index in [1.165, 1.54) is 5.56 Å². The second-order valence-corrected chi connectivity index (χ2v) is 6.64. The molecule has 3 nitrogen and oxygen atoms in total. The number of thiocarbonyl (C=S) groups is 1. The fourth-order valence-corrected chi connectivity index (χ4v) is 3.20. The second kappa shape index (κ2) is 6.58. The van der Waals surface area contributed by atoms with E-state index >= 15 is 0 Å². The standard InChI is InChI=1S/C17H16BrN3S/c18-15-8-4-7-13(10-15)16-14(11-21(20-16)17(19)22)9-12-5-2-1-3-6-12/h1-8,10,14H,9,11H2,(H2,19,22). The third-order valence-electron chi connectivity index (χ3n) is 3.71. The fourth-order valence-electron chi connectivity index (χ4n) is 2.69. The van der Waals surface area contributed by atoms with Crippen LogP contribution in [0.1, 0.15) is 11.1 Å². The fraction of sp³-hybridized carbons (Fsp3) is 0.176. The minimum atomic E-state index is 0.276. The van der Waals surface area contributed by atoms with Gasteiger partial charge >= 0.3 is 0 Å². The van der Waals surface area contributed by atoms with Crippen molar-refractivity contribution in [3.63, 3.8) is 0 Å². The summed E-state index contributed by atoms with van der Waals surface area (Å²) in [4.78, 5) is 0. The van der Waals surface area contributed by atoms with Gasteiger partial charge in [-0.2, -0.15) is 5.10 Å². The highest BCUT2D eigenvalue weighted by Gasteiger charge is 2.29. The number of benzene rings is 2. The first kappa shape index (κ1) is 15.2. The molecule has 1 aliphatic rings. The summed E-state index contributed by atoms with van der Waals surface area (Å²) in [5.41, 5.74) is 9.20. The van der Waals surface area contributed by atoms with E-state index in [0.717, 1.165) is 28.7 Å². The molecule has 0 radical (unpaired) electrons. The molecule has 1 atom stereocenters. The van der Waals surface area contributed by atoms with Gasteiger partial charge in [-0.1, -0.05) is 58.4 Å². The van der Waals surface area contributed by atoms with E-state index in [1.54, 1.807) is 5.01 Å². The van der Waals surface area contributed by atoms with Crippen LogP contribution in [0, 0.1) is 5.92 Å². The molecule has 0 bridgehead atoms. The third-order valence-corrected chi connectivity index (χ3v) is 4.41. The molecular formula is C17H16BrN3S. The Morgan fingerprint density at radius 3 is 2.68 bits per heavy atom. The molecule has 0 amide bonds. The van der Waals surface area contributed by atoms with Gasteiger partial charge in [0.2, 0.25) is 0 Å². The van der Waals surface area contributed by atoms with Gasteiger partial charge in [-0.15, -0.1) is 0 Å². The zero-order valence-corrected chi connectivity index (χ0v) is 14.3. The summed E-state index contributed by atoms with van der Waals surface area (Å²) >= 11 is 8.61. The summed E-state index contributed by atoms with van der Waals surface area (Å²) in [5.74, 6) is 0.276. The van der Waals surface area contributed by atoms with Crippen LogP contribution >= 0.6 is 28.1 Å². The number of hydrazone groups is 1. The van der Waals surface area contributed by atoms with Gasteiger partial charge in [0, 0.05) is 10.4 Å². The molecule has 0 aliphatic carbocycles. The Morgan fingerprint density at radius 2 is 2.00 bits per heavy atom. The summed E-state index contributed by atoms with van der Waals surface area (Å²) in [6.45, 7) is 0.728. The number of nitrogens with zero attached hydrogens (tertiary/aromatic N) is 2. The van der Waals surface area contributed by atoms with Gasteiger partial charge in [0.05, 0.1) is 12.3 Å². The minimum Gasteiger partial charge on any atom is -0.375 e. The third kappa shape index (κ3) is 3.36. The molecule has 1 aliphatic heterocycles. The van der Waals surface area contributed by atoms with Crippen LogP contribution in [0.5, 0.6) is 0 Å². The molecule has 0 aromatic heterocycles. The van der Waals surface area contributed by atoms with Crippen molar-refractivity contribution in [1.29, 1.82) is 0 Å². The van der Waals surface area contributed by atoms with Gasteiger partial charge < -0.3 is 5.73 Å². The Kier molecular flexibility index (Phi) is 4.55. The lowest BCUT2D eigenvalue weighted by Crippen LogP contribution is -2.31. The lowest BCUT2D eigenvalue weighted by molar-refractivity contribution is 0.447. The maximum atomic E-state index is 5.76. The lowest BCUT2D eigenvalue weighted by Gasteiger charge is -2.14. The van der Waals surface area contributed by atoms with Crippen molar-refractivity contribution in [3.8, 4) is 0 Å². The van der Waals surface area contributed by atoms with Crippen molar-refractivity contribution in [1.82, 2.24) is 5.01 Å². The van der Waals surface area contributed by atoms with E-state index in [4.69, 9.17) is 18.0 Å². The van der Waals surface area contributed by atoms with Crippen molar-refractivity contribution in [2.45, 2.75) is 6.42 Å². The number of hydrogen-bond acceptors (Lipinski definition) is 2. The summed E-state index contributed by atoms with van der Waals surface area (Å²) in [5, 5.41) is 6.68. The first-order valence-corrected chi connectivity index (χ1v) is 8.29. The number of halogens is 1. The summed E-state index contributed by atoms with van der Waals surface area (Å²) in [7, 11) is 0. The molecule has 0 saturated heterocycles. The normalized spacial score (nSPS) is 17.4. The topological polar surface area (TPSA) is 41.6 Å². The predicted octanol–water partition coefficient (Wildman–Crippen LogP) is 3.57. The Labute approximate surface area is 143 Å². The molecule has 1 heterocycles.